The molecule has 0 fully saturated rings. The van der Waals surface area contributed by atoms with E-state index >= 15 is 0 Å². The minimum absolute atomic E-state index is 0.110. The molecule has 1 aliphatic heterocycles. The molecular weight excluding hydrogens is 430 g/mol. The number of hydrogen-bond donors (Lipinski definition) is 2. The van der Waals surface area contributed by atoms with Crippen molar-refractivity contribution in [1.82, 2.24) is 15.1 Å². The number of fused-ring (bicyclic) bond motifs is 1. The molecule has 2 N–H and O–H groups in total. The summed E-state index contributed by atoms with van der Waals surface area (Å²) in [7, 11) is 1.61. The number of methoxy groups -OCH3 is 1. The number of hydrogen-bond acceptors (Lipinski definition) is 5. The van der Waals surface area contributed by atoms with Crippen molar-refractivity contribution < 1.29 is 19.4 Å². The molecule has 0 bridgehead atoms. The summed E-state index contributed by atoms with van der Waals surface area (Å²) in [4.78, 5) is 15.1. The van der Waals surface area contributed by atoms with E-state index in [1.807, 2.05) is 60.7 Å². The van der Waals surface area contributed by atoms with Crippen molar-refractivity contribution in [2.45, 2.75) is 12.6 Å². The molecule has 7 nitrogen and oxygen atoms in total. The Morgan fingerprint density at radius 1 is 1.03 bits per heavy atom. The van der Waals surface area contributed by atoms with Crippen molar-refractivity contribution in [2.24, 2.45) is 0 Å². The SMILES string of the molecule is COCCN1C(=O)c2[nH]nc(-c3ccccc3O)c2[C@H]1c1cccc(OCc2ccccc2)c1. The van der Waals surface area contributed by atoms with Gasteiger partial charge in [-0.05, 0) is 35.4 Å². The van der Waals surface area contributed by atoms with Crippen LogP contribution in [-0.2, 0) is 11.3 Å². The summed E-state index contributed by atoms with van der Waals surface area (Å²) in [5.41, 5.74) is 4.26. The highest BCUT2D eigenvalue weighted by Crippen LogP contribution is 2.44. The number of ether oxygens (including phenoxy) is 2. The van der Waals surface area contributed by atoms with Gasteiger partial charge in [0.25, 0.3) is 5.91 Å². The Kier molecular flexibility index (Phi) is 6.01. The van der Waals surface area contributed by atoms with Crippen molar-refractivity contribution in [2.75, 3.05) is 20.3 Å². The van der Waals surface area contributed by atoms with Gasteiger partial charge >= 0.3 is 0 Å². The van der Waals surface area contributed by atoms with Gasteiger partial charge in [-0.1, -0.05) is 54.6 Å². The average Bonchev–Trinajstić information content (AvgIpc) is 3.41. The zero-order valence-corrected chi connectivity index (χ0v) is 18.8. The zero-order valence-electron chi connectivity index (χ0n) is 18.8. The van der Waals surface area contributed by atoms with Crippen molar-refractivity contribution in [1.29, 1.82) is 0 Å². The maximum Gasteiger partial charge on any atom is 0.273 e. The third-order valence-electron chi connectivity index (χ3n) is 5.98. The number of rotatable bonds is 8. The van der Waals surface area contributed by atoms with E-state index in [-0.39, 0.29) is 11.7 Å². The molecule has 0 saturated heterocycles. The van der Waals surface area contributed by atoms with Crippen LogP contribution >= 0.6 is 0 Å². The van der Waals surface area contributed by atoms with Gasteiger partial charge in [-0.3, -0.25) is 9.89 Å². The van der Waals surface area contributed by atoms with E-state index in [2.05, 4.69) is 10.2 Å². The Morgan fingerprint density at radius 2 is 1.82 bits per heavy atom. The lowest BCUT2D eigenvalue weighted by atomic mass is 9.95. The first kappa shape index (κ1) is 21.7. The van der Waals surface area contributed by atoms with E-state index in [1.165, 1.54) is 0 Å². The van der Waals surface area contributed by atoms with E-state index in [9.17, 15) is 9.90 Å². The maximum atomic E-state index is 13.3. The first-order chi connectivity index (χ1) is 16.7. The van der Waals surface area contributed by atoms with Gasteiger partial charge in [-0.25, -0.2) is 0 Å². The molecule has 34 heavy (non-hydrogen) atoms. The average molecular weight is 456 g/mol. The Hall–Kier alpha value is -4.10. The van der Waals surface area contributed by atoms with Crippen LogP contribution in [0.2, 0.25) is 0 Å². The van der Waals surface area contributed by atoms with Crippen LogP contribution in [0.5, 0.6) is 11.5 Å². The first-order valence-electron chi connectivity index (χ1n) is 11.1. The number of para-hydroxylation sites is 1. The van der Waals surface area contributed by atoms with Gasteiger partial charge in [0.15, 0.2) is 0 Å². The second-order valence-corrected chi connectivity index (χ2v) is 8.12. The Labute approximate surface area is 197 Å². The predicted octanol–water partition coefficient (Wildman–Crippen LogP) is 4.55. The summed E-state index contributed by atoms with van der Waals surface area (Å²) in [5.74, 6) is 0.668. The van der Waals surface area contributed by atoms with Crippen LogP contribution in [0.25, 0.3) is 11.3 Å². The monoisotopic (exact) mass is 455 g/mol. The number of nitrogens with one attached hydrogen (secondary N) is 1. The van der Waals surface area contributed by atoms with E-state index in [4.69, 9.17) is 9.47 Å². The number of aromatic hydroxyl groups is 1. The fraction of sp³-hybridized carbons (Fsp3) is 0.185. The topological polar surface area (TPSA) is 87.7 Å². The van der Waals surface area contributed by atoms with Gasteiger partial charge in [0.05, 0.1) is 12.6 Å². The fourth-order valence-corrected chi connectivity index (χ4v) is 4.36. The lowest BCUT2D eigenvalue weighted by molar-refractivity contribution is 0.0677. The van der Waals surface area contributed by atoms with Crippen LogP contribution in [0.3, 0.4) is 0 Å². The Bertz CT molecular complexity index is 1300. The second-order valence-electron chi connectivity index (χ2n) is 8.12. The van der Waals surface area contributed by atoms with E-state index in [0.717, 1.165) is 16.7 Å². The number of phenols is 1. The predicted molar refractivity (Wildman–Crippen MR) is 128 cm³/mol. The highest BCUT2D eigenvalue weighted by atomic mass is 16.5. The summed E-state index contributed by atoms with van der Waals surface area (Å²) < 4.78 is 11.3. The molecule has 7 heteroatoms. The van der Waals surface area contributed by atoms with Crippen LogP contribution in [0, 0.1) is 0 Å². The lowest BCUT2D eigenvalue weighted by Gasteiger charge is -2.26. The maximum absolute atomic E-state index is 13.3. The molecule has 3 aromatic carbocycles. The Morgan fingerprint density at radius 3 is 2.62 bits per heavy atom. The molecule has 0 aliphatic carbocycles. The molecule has 1 aromatic heterocycles. The summed E-state index contributed by atoms with van der Waals surface area (Å²) in [6.45, 7) is 1.26. The number of aromatic nitrogens is 2. The summed E-state index contributed by atoms with van der Waals surface area (Å²) in [6, 6.07) is 24.3. The summed E-state index contributed by atoms with van der Waals surface area (Å²) >= 11 is 0. The molecule has 0 radical (unpaired) electrons. The van der Waals surface area contributed by atoms with Crippen molar-refractivity contribution >= 4 is 5.91 Å². The molecule has 1 amide bonds. The first-order valence-corrected chi connectivity index (χ1v) is 11.1. The summed E-state index contributed by atoms with van der Waals surface area (Å²) in [6.07, 6.45) is 0. The van der Waals surface area contributed by atoms with Crippen LogP contribution < -0.4 is 4.74 Å². The normalized spacial score (nSPS) is 14.9. The summed E-state index contributed by atoms with van der Waals surface area (Å²) in [5, 5.41) is 17.8. The molecule has 5 rings (SSSR count). The molecule has 0 unspecified atom stereocenters. The number of phenolic OH excluding ortho intramolecular Hbond substituents is 1. The number of benzene rings is 3. The molecule has 1 aliphatic rings. The van der Waals surface area contributed by atoms with Crippen molar-refractivity contribution in [3.05, 3.63) is 101 Å². The van der Waals surface area contributed by atoms with Crippen molar-refractivity contribution in [3.63, 3.8) is 0 Å². The number of aromatic amines is 1. The van der Waals surface area contributed by atoms with E-state index in [0.29, 0.717) is 42.5 Å². The third-order valence-corrected chi connectivity index (χ3v) is 5.98. The minimum Gasteiger partial charge on any atom is -0.507 e. The van der Waals surface area contributed by atoms with Crippen LogP contribution in [-0.4, -0.2) is 46.4 Å². The molecule has 1 atom stereocenters. The smallest absolute Gasteiger partial charge is 0.273 e. The van der Waals surface area contributed by atoms with Gasteiger partial charge in [0.2, 0.25) is 0 Å². The number of carbonyl (C=O) groups is 1. The quantitative estimate of drug-likeness (QED) is 0.407. The third kappa shape index (κ3) is 4.02. The Balaban J connectivity index is 1.54. The zero-order chi connectivity index (χ0) is 23.5. The van der Waals surface area contributed by atoms with E-state index in [1.54, 1.807) is 30.2 Å². The fourth-order valence-electron chi connectivity index (χ4n) is 4.36. The molecule has 0 saturated carbocycles. The number of H-pyrrole nitrogens is 1. The number of nitrogens with zero attached hydrogens (tertiary/aromatic N) is 2. The van der Waals surface area contributed by atoms with Gasteiger partial charge in [0, 0.05) is 24.8 Å². The van der Waals surface area contributed by atoms with Crippen LogP contribution in [0.1, 0.15) is 33.2 Å². The lowest BCUT2D eigenvalue weighted by Crippen LogP contribution is -2.32. The highest BCUT2D eigenvalue weighted by Gasteiger charge is 2.42. The molecule has 172 valence electrons. The molecular formula is C27H25N3O4. The second kappa shape index (κ2) is 9.41. The number of amides is 1. The van der Waals surface area contributed by atoms with E-state index < -0.39 is 6.04 Å². The molecule has 0 spiro atoms. The van der Waals surface area contributed by atoms with Gasteiger partial charge < -0.3 is 19.5 Å². The molecule has 4 aromatic rings. The van der Waals surface area contributed by atoms with Gasteiger partial charge in [0.1, 0.15) is 29.5 Å². The van der Waals surface area contributed by atoms with Crippen molar-refractivity contribution in [3.8, 4) is 22.8 Å². The van der Waals surface area contributed by atoms with Gasteiger partial charge in [-0.15, -0.1) is 0 Å². The largest absolute Gasteiger partial charge is 0.507 e. The number of carbonyl (C=O) groups excluding carboxylic acids is 1. The standard InChI is InChI=1S/C27H25N3O4/c1-33-15-14-30-26(19-10-7-11-20(16-19)34-17-18-8-3-2-4-9-18)23-24(28-29-25(23)27(30)32)21-12-5-6-13-22(21)31/h2-13,16,26,31H,14-15,17H2,1H3,(H,28,29)/t26-/m1/s1. The minimum atomic E-state index is -0.397. The van der Waals surface area contributed by atoms with Gasteiger partial charge in [-0.2, -0.15) is 5.10 Å². The van der Waals surface area contributed by atoms with Crippen LogP contribution in [0.4, 0.5) is 0 Å². The molecule has 2 heterocycles. The van der Waals surface area contributed by atoms with Crippen LogP contribution in [0.15, 0.2) is 78.9 Å². The highest BCUT2D eigenvalue weighted by molar-refractivity contribution is 6.00.